The molecule has 1 rings (SSSR count). The van der Waals surface area contributed by atoms with Crippen molar-refractivity contribution >= 4 is 0 Å². The summed E-state index contributed by atoms with van der Waals surface area (Å²) in [7, 11) is 0. The van der Waals surface area contributed by atoms with Crippen molar-refractivity contribution in [1.29, 1.82) is 0 Å². The zero-order chi connectivity index (χ0) is 11.8. The van der Waals surface area contributed by atoms with E-state index in [1.807, 2.05) is 0 Å². The molecule has 2 heteroatoms. The van der Waals surface area contributed by atoms with Crippen LogP contribution >= 0.6 is 0 Å². The van der Waals surface area contributed by atoms with Crippen LogP contribution in [0.4, 0.5) is 0 Å². The standard InChI is InChI=1S/C14H29NO/c1-4-16-12-6-5-9-15-10-7-14(8-11-15)13(2)3/h13-14H,4-12H2,1-3H3. The zero-order valence-electron chi connectivity index (χ0n) is 11.4. The van der Waals surface area contributed by atoms with E-state index in [4.69, 9.17) is 4.74 Å². The van der Waals surface area contributed by atoms with Crippen LogP contribution < -0.4 is 0 Å². The molecule has 1 heterocycles. The van der Waals surface area contributed by atoms with Gasteiger partial charge in [-0.3, -0.25) is 0 Å². The predicted octanol–water partition coefficient (Wildman–Crippen LogP) is 3.17. The molecule has 0 aromatic carbocycles. The predicted molar refractivity (Wildman–Crippen MR) is 69.7 cm³/mol. The third-order valence-corrected chi connectivity index (χ3v) is 3.79. The topological polar surface area (TPSA) is 12.5 Å². The fourth-order valence-electron chi connectivity index (χ4n) is 2.53. The minimum absolute atomic E-state index is 0.861. The van der Waals surface area contributed by atoms with Crippen LogP contribution in [0.2, 0.25) is 0 Å². The first-order chi connectivity index (χ1) is 7.74. The van der Waals surface area contributed by atoms with Gasteiger partial charge in [0.1, 0.15) is 0 Å². The van der Waals surface area contributed by atoms with Crippen molar-refractivity contribution < 1.29 is 4.74 Å². The number of hydrogen-bond acceptors (Lipinski definition) is 2. The Morgan fingerprint density at radius 2 is 1.88 bits per heavy atom. The highest BCUT2D eigenvalue weighted by Gasteiger charge is 2.20. The molecule has 0 atom stereocenters. The Morgan fingerprint density at radius 1 is 1.19 bits per heavy atom. The van der Waals surface area contributed by atoms with Crippen molar-refractivity contribution in [3.8, 4) is 0 Å². The van der Waals surface area contributed by atoms with Gasteiger partial charge in [-0.25, -0.2) is 0 Å². The summed E-state index contributed by atoms with van der Waals surface area (Å²) < 4.78 is 5.35. The molecule has 0 bridgehead atoms. The molecule has 1 saturated heterocycles. The number of unbranched alkanes of at least 4 members (excludes halogenated alkanes) is 1. The lowest BCUT2D eigenvalue weighted by molar-refractivity contribution is 0.128. The smallest absolute Gasteiger partial charge is 0.0466 e. The van der Waals surface area contributed by atoms with E-state index in [1.54, 1.807) is 0 Å². The molecule has 16 heavy (non-hydrogen) atoms. The maximum absolute atomic E-state index is 5.35. The Labute approximate surface area is 101 Å². The second kappa shape index (κ2) is 8.08. The van der Waals surface area contributed by atoms with E-state index in [1.165, 1.54) is 45.3 Å². The minimum Gasteiger partial charge on any atom is -0.382 e. The van der Waals surface area contributed by atoms with Crippen LogP contribution in [0.3, 0.4) is 0 Å². The largest absolute Gasteiger partial charge is 0.382 e. The molecule has 0 N–H and O–H groups in total. The van der Waals surface area contributed by atoms with Gasteiger partial charge in [-0.15, -0.1) is 0 Å². The Balaban J connectivity index is 1.99. The highest BCUT2D eigenvalue weighted by atomic mass is 16.5. The number of piperidine rings is 1. The molecule has 0 aliphatic carbocycles. The lowest BCUT2D eigenvalue weighted by Gasteiger charge is -2.33. The number of likely N-dealkylation sites (tertiary alicyclic amines) is 1. The average molecular weight is 227 g/mol. The molecule has 0 unspecified atom stereocenters. The monoisotopic (exact) mass is 227 g/mol. The molecule has 0 saturated carbocycles. The molecule has 0 amide bonds. The SMILES string of the molecule is CCOCCCCN1CCC(C(C)C)CC1. The van der Waals surface area contributed by atoms with Crippen LogP contribution in [0.15, 0.2) is 0 Å². The lowest BCUT2D eigenvalue weighted by Crippen LogP contribution is -2.35. The van der Waals surface area contributed by atoms with Gasteiger partial charge in [0, 0.05) is 13.2 Å². The molecule has 1 aliphatic rings. The fourth-order valence-corrected chi connectivity index (χ4v) is 2.53. The van der Waals surface area contributed by atoms with Crippen molar-refractivity contribution in [3.63, 3.8) is 0 Å². The van der Waals surface area contributed by atoms with Gasteiger partial charge in [0.2, 0.25) is 0 Å². The van der Waals surface area contributed by atoms with Crippen LogP contribution in [0.5, 0.6) is 0 Å². The fraction of sp³-hybridized carbons (Fsp3) is 1.00. The van der Waals surface area contributed by atoms with Gasteiger partial charge < -0.3 is 9.64 Å². The molecular formula is C14H29NO. The Bertz CT molecular complexity index is 162. The van der Waals surface area contributed by atoms with Gasteiger partial charge in [0.05, 0.1) is 0 Å². The van der Waals surface area contributed by atoms with E-state index in [9.17, 15) is 0 Å². The van der Waals surface area contributed by atoms with E-state index < -0.39 is 0 Å². The lowest BCUT2D eigenvalue weighted by atomic mass is 9.87. The second-order valence-corrected chi connectivity index (χ2v) is 5.33. The van der Waals surface area contributed by atoms with Crippen molar-refractivity contribution in [2.24, 2.45) is 11.8 Å². The number of rotatable bonds is 7. The number of ether oxygens (including phenoxy) is 1. The van der Waals surface area contributed by atoms with Crippen LogP contribution in [-0.2, 0) is 4.74 Å². The van der Waals surface area contributed by atoms with Gasteiger partial charge in [0.15, 0.2) is 0 Å². The van der Waals surface area contributed by atoms with Gasteiger partial charge in [-0.05, 0) is 64.1 Å². The molecule has 96 valence electrons. The summed E-state index contributed by atoms with van der Waals surface area (Å²) in [4.78, 5) is 2.63. The summed E-state index contributed by atoms with van der Waals surface area (Å²) in [6, 6.07) is 0. The molecule has 0 aromatic heterocycles. The summed E-state index contributed by atoms with van der Waals surface area (Å²) in [5.41, 5.74) is 0. The van der Waals surface area contributed by atoms with Crippen LogP contribution in [0.25, 0.3) is 0 Å². The summed E-state index contributed by atoms with van der Waals surface area (Å²) >= 11 is 0. The van der Waals surface area contributed by atoms with Crippen molar-refractivity contribution in [2.75, 3.05) is 32.8 Å². The van der Waals surface area contributed by atoms with E-state index >= 15 is 0 Å². The van der Waals surface area contributed by atoms with Crippen molar-refractivity contribution in [3.05, 3.63) is 0 Å². The molecule has 0 radical (unpaired) electrons. The van der Waals surface area contributed by atoms with Crippen LogP contribution in [-0.4, -0.2) is 37.7 Å². The molecule has 2 nitrogen and oxygen atoms in total. The highest BCUT2D eigenvalue weighted by molar-refractivity contribution is 4.74. The Morgan fingerprint density at radius 3 is 2.44 bits per heavy atom. The average Bonchev–Trinajstić information content (AvgIpc) is 2.29. The van der Waals surface area contributed by atoms with Crippen LogP contribution in [0.1, 0.15) is 46.5 Å². The van der Waals surface area contributed by atoms with E-state index in [0.29, 0.717) is 0 Å². The van der Waals surface area contributed by atoms with E-state index in [-0.39, 0.29) is 0 Å². The van der Waals surface area contributed by atoms with Crippen LogP contribution in [0, 0.1) is 11.8 Å². The first-order valence-corrected chi connectivity index (χ1v) is 7.04. The normalized spacial score (nSPS) is 19.5. The Hall–Kier alpha value is -0.0800. The van der Waals surface area contributed by atoms with E-state index in [2.05, 4.69) is 25.7 Å². The molecule has 1 fully saturated rings. The molecule has 0 spiro atoms. The van der Waals surface area contributed by atoms with Crippen molar-refractivity contribution in [1.82, 2.24) is 4.90 Å². The van der Waals surface area contributed by atoms with Gasteiger partial charge in [-0.2, -0.15) is 0 Å². The summed E-state index contributed by atoms with van der Waals surface area (Å²) in [5, 5.41) is 0. The number of nitrogens with zero attached hydrogens (tertiary/aromatic N) is 1. The van der Waals surface area contributed by atoms with Gasteiger partial charge in [0.25, 0.3) is 0 Å². The first kappa shape index (κ1) is 14.0. The van der Waals surface area contributed by atoms with E-state index in [0.717, 1.165) is 25.0 Å². The maximum Gasteiger partial charge on any atom is 0.0466 e. The number of hydrogen-bond donors (Lipinski definition) is 0. The molecule has 0 aromatic rings. The van der Waals surface area contributed by atoms with Gasteiger partial charge >= 0.3 is 0 Å². The summed E-state index contributed by atoms with van der Waals surface area (Å²) in [5.74, 6) is 1.85. The summed E-state index contributed by atoms with van der Waals surface area (Å²) in [6.07, 6.45) is 5.33. The third-order valence-electron chi connectivity index (χ3n) is 3.79. The molecule has 1 aliphatic heterocycles. The van der Waals surface area contributed by atoms with Crippen molar-refractivity contribution in [2.45, 2.75) is 46.5 Å². The molecular weight excluding hydrogens is 198 g/mol. The maximum atomic E-state index is 5.35. The zero-order valence-corrected chi connectivity index (χ0v) is 11.4. The quantitative estimate of drug-likeness (QED) is 0.619. The van der Waals surface area contributed by atoms with Gasteiger partial charge in [-0.1, -0.05) is 13.8 Å². The Kier molecular flexibility index (Phi) is 7.06. The second-order valence-electron chi connectivity index (χ2n) is 5.33. The third kappa shape index (κ3) is 5.31. The highest BCUT2D eigenvalue weighted by Crippen LogP contribution is 2.24. The summed E-state index contributed by atoms with van der Waals surface area (Å²) in [6.45, 7) is 12.5. The first-order valence-electron chi connectivity index (χ1n) is 7.04. The minimum atomic E-state index is 0.861.